The van der Waals surface area contributed by atoms with Crippen molar-refractivity contribution in [2.45, 2.75) is 25.3 Å². The van der Waals surface area contributed by atoms with Gasteiger partial charge in [0, 0.05) is 12.1 Å². The zero-order valence-corrected chi connectivity index (χ0v) is 12.7. The van der Waals surface area contributed by atoms with Crippen LogP contribution in [0.4, 0.5) is 5.82 Å². The van der Waals surface area contributed by atoms with E-state index in [1.54, 1.807) is 19.1 Å². The summed E-state index contributed by atoms with van der Waals surface area (Å²) < 4.78 is 32.4. The molecule has 4 N–H and O–H groups in total. The summed E-state index contributed by atoms with van der Waals surface area (Å²) in [7, 11) is -3.61. The van der Waals surface area contributed by atoms with Gasteiger partial charge in [-0.1, -0.05) is 0 Å². The first-order valence-corrected chi connectivity index (χ1v) is 7.93. The summed E-state index contributed by atoms with van der Waals surface area (Å²) in [6, 6.07) is 4.74. The van der Waals surface area contributed by atoms with Crippen molar-refractivity contribution in [3.05, 3.63) is 35.5 Å². The molecule has 2 aromatic rings. The van der Waals surface area contributed by atoms with Gasteiger partial charge in [0.1, 0.15) is 11.6 Å². The highest BCUT2D eigenvalue weighted by atomic mass is 32.2. The Labute approximate surface area is 123 Å². The third kappa shape index (κ3) is 3.53. The number of rotatable bonds is 6. The lowest BCUT2D eigenvalue weighted by Gasteiger charge is -2.10. The van der Waals surface area contributed by atoms with Gasteiger partial charge in [-0.25, -0.2) is 13.1 Å². The number of aromatic amines is 1. The second-order valence-corrected chi connectivity index (χ2v) is 6.26. The Kier molecular flexibility index (Phi) is 4.49. The standard InChI is InChI=1S/C13H18N4O3S/c1-3-20-12-5-4-11(6-9(12)2)21(18,19)16-8-10-7-15-17-13(10)14/h4-7,16H,3,8H2,1-2H3,(H3,14,15,17). The Morgan fingerprint density at radius 3 is 2.76 bits per heavy atom. The number of anilines is 1. The third-order valence-electron chi connectivity index (χ3n) is 2.96. The van der Waals surface area contributed by atoms with E-state index < -0.39 is 10.0 Å². The SMILES string of the molecule is CCOc1ccc(S(=O)(=O)NCc2cn[nH]c2N)cc1C. The lowest BCUT2D eigenvalue weighted by Crippen LogP contribution is -2.23. The summed E-state index contributed by atoms with van der Waals surface area (Å²) >= 11 is 0. The van der Waals surface area contributed by atoms with E-state index >= 15 is 0 Å². The summed E-state index contributed by atoms with van der Waals surface area (Å²) in [4.78, 5) is 0.186. The molecule has 1 aromatic carbocycles. The number of nitrogen functional groups attached to an aromatic ring is 1. The average molecular weight is 310 g/mol. The minimum atomic E-state index is -3.61. The molecule has 114 valence electrons. The van der Waals surface area contributed by atoms with Gasteiger partial charge < -0.3 is 10.5 Å². The number of nitrogens with two attached hydrogens (primary N) is 1. The first-order valence-electron chi connectivity index (χ1n) is 6.45. The Hall–Kier alpha value is -2.06. The fraction of sp³-hybridized carbons (Fsp3) is 0.308. The summed E-state index contributed by atoms with van der Waals surface area (Å²) in [5.74, 6) is 1.02. The van der Waals surface area contributed by atoms with E-state index in [2.05, 4.69) is 14.9 Å². The van der Waals surface area contributed by atoms with Crippen molar-refractivity contribution < 1.29 is 13.2 Å². The Morgan fingerprint density at radius 2 is 2.19 bits per heavy atom. The number of benzene rings is 1. The van der Waals surface area contributed by atoms with Gasteiger partial charge in [-0.15, -0.1) is 0 Å². The molecule has 8 heteroatoms. The van der Waals surface area contributed by atoms with Crippen LogP contribution in [0, 0.1) is 6.92 Å². The van der Waals surface area contributed by atoms with Crippen LogP contribution in [-0.2, 0) is 16.6 Å². The van der Waals surface area contributed by atoms with Gasteiger partial charge >= 0.3 is 0 Å². The number of H-pyrrole nitrogens is 1. The van der Waals surface area contributed by atoms with Crippen molar-refractivity contribution in [2.75, 3.05) is 12.3 Å². The maximum atomic E-state index is 12.2. The number of aryl methyl sites for hydroxylation is 1. The molecule has 0 amide bonds. The van der Waals surface area contributed by atoms with Crippen molar-refractivity contribution in [3.8, 4) is 5.75 Å². The second-order valence-electron chi connectivity index (χ2n) is 4.49. The van der Waals surface area contributed by atoms with Gasteiger partial charge in [0.15, 0.2) is 0 Å². The minimum absolute atomic E-state index is 0.0803. The first-order chi connectivity index (χ1) is 9.94. The molecule has 2 rings (SSSR count). The summed E-state index contributed by atoms with van der Waals surface area (Å²) in [5.41, 5.74) is 6.98. The van der Waals surface area contributed by atoms with Gasteiger partial charge in [0.05, 0.1) is 17.7 Å². The molecule has 0 saturated carbocycles. The predicted molar refractivity (Wildman–Crippen MR) is 79.4 cm³/mol. The highest BCUT2D eigenvalue weighted by Crippen LogP contribution is 2.22. The van der Waals surface area contributed by atoms with Crippen molar-refractivity contribution in [3.63, 3.8) is 0 Å². The topological polar surface area (TPSA) is 110 Å². The number of nitrogens with one attached hydrogen (secondary N) is 2. The van der Waals surface area contributed by atoms with Crippen molar-refractivity contribution in [1.29, 1.82) is 0 Å². The number of ether oxygens (including phenoxy) is 1. The highest BCUT2D eigenvalue weighted by Gasteiger charge is 2.16. The quantitative estimate of drug-likeness (QED) is 0.742. The van der Waals surface area contributed by atoms with Gasteiger partial charge in [0.2, 0.25) is 10.0 Å². The van der Waals surface area contributed by atoms with Gasteiger partial charge in [0.25, 0.3) is 0 Å². The van der Waals surface area contributed by atoms with E-state index in [0.717, 1.165) is 5.56 Å². The van der Waals surface area contributed by atoms with Crippen LogP contribution in [0.25, 0.3) is 0 Å². The summed E-state index contributed by atoms with van der Waals surface area (Å²) in [6.45, 7) is 4.29. The number of hydrogen-bond donors (Lipinski definition) is 3. The van der Waals surface area contributed by atoms with Crippen LogP contribution in [-0.4, -0.2) is 25.2 Å². The molecule has 1 aromatic heterocycles. The molecule has 0 saturated heterocycles. The zero-order valence-electron chi connectivity index (χ0n) is 11.9. The van der Waals surface area contributed by atoms with Crippen LogP contribution in [0.1, 0.15) is 18.1 Å². The lowest BCUT2D eigenvalue weighted by molar-refractivity contribution is 0.337. The maximum absolute atomic E-state index is 12.2. The predicted octanol–water partition coefficient (Wildman–Crippen LogP) is 1.18. The van der Waals surface area contributed by atoms with Crippen molar-refractivity contribution in [2.24, 2.45) is 0 Å². The van der Waals surface area contributed by atoms with E-state index in [-0.39, 0.29) is 11.4 Å². The molecule has 0 bridgehead atoms. The fourth-order valence-electron chi connectivity index (χ4n) is 1.82. The van der Waals surface area contributed by atoms with Crippen LogP contribution in [0.15, 0.2) is 29.3 Å². The molecule has 0 aliphatic heterocycles. The van der Waals surface area contributed by atoms with Crippen LogP contribution >= 0.6 is 0 Å². The first kappa shape index (κ1) is 15.3. The molecule has 1 heterocycles. The Morgan fingerprint density at radius 1 is 1.43 bits per heavy atom. The Balaban J connectivity index is 2.16. The molecule has 0 fully saturated rings. The average Bonchev–Trinajstić information content (AvgIpc) is 2.84. The van der Waals surface area contributed by atoms with E-state index in [9.17, 15) is 8.42 Å². The molecule has 7 nitrogen and oxygen atoms in total. The molecule has 0 aliphatic rings. The van der Waals surface area contributed by atoms with Gasteiger partial charge in [-0.05, 0) is 37.6 Å². The van der Waals surface area contributed by atoms with Crippen molar-refractivity contribution >= 4 is 15.8 Å². The number of aromatic nitrogens is 2. The van der Waals surface area contributed by atoms with Gasteiger partial charge in [-0.2, -0.15) is 5.10 Å². The molecule has 0 spiro atoms. The van der Waals surface area contributed by atoms with E-state index in [1.165, 1.54) is 12.3 Å². The minimum Gasteiger partial charge on any atom is -0.494 e. The number of hydrogen-bond acceptors (Lipinski definition) is 5. The van der Waals surface area contributed by atoms with Crippen LogP contribution < -0.4 is 15.2 Å². The number of sulfonamides is 1. The molecule has 0 radical (unpaired) electrons. The molecule has 21 heavy (non-hydrogen) atoms. The van der Waals surface area contributed by atoms with E-state index in [0.29, 0.717) is 23.7 Å². The second kappa shape index (κ2) is 6.15. The molecule has 0 unspecified atom stereocenters. The summed E-state index contributed by atoms with van der Waals surface area (Å²) in [6.07, 6.45) is 1.49. The maximum Gasteiger partial charge on any atom is 0.240 e. The van der Waals surface area contributed by atoms with Crippen LogP contribution in [0.2, 0.25) is 0 Å². The smallest absolute Gasteiger partial charge is 0.240 e. The summed E-state index contributed by atoms with van der Waals surface area (Å²) in [5, 5.41) is 6.29. The molecule has 0 atom stereocenters. The lowest BCUT2D eigenvalue weighted by atomic mass is 10.2. The van der Waals surface area contributed by atoms with Crippen LogP contribution in [0.3, 0.4) is 0 Å². The fourth-order valence-corrected chi connectivity index (χ4v) is 2.92. The largest absolute Gasteiger partial charge is 0.494 e. The third-order valence-corrected chi connectivity index (χ3v) is 4.36. The van der Waals surface area contributed by atoms with E-state index in [1.807, 2.05) is 6.92 Å². The normalized spacial score (nSPS) is 11.5. The monoisotopic (exact) mass is 310 g/mol. The number of nitrogens with zero attached hydrogens (tertiary/aromatic N) is 1. The highest BCUT2D eigenvalue weighted by molar-refractivity contribution is 7.89. The molecular weight excluding hydrogens is 292 g/mol. The van der Waals surface area contributed by atoms with E-state index in [4.69, 9.17) is 10.5 Å². The molecule has 0 aliphatic carbocycles. The Bertz CT molecular complexity index is 725. The van der Waals surface area contributed by atoms with Crippen molar-refractivity contribution in [1.82, 2.24) is 14.9 Å². The molecular formula is C13H18N4O3S. The van der Waals surface area contributed by atoms with Gasteiger partial charge in [-0.3, -0.25) is 5.10 Å². The van der Waals surface area contributed by atoms with Crippen LogP contribution in [0.5, 0.6) is 5.75 Å². The zero-order chi connectivity index (χ0) is 15.5.